The second kappa shape index (κ2) is 9.83. The molecule has 2 aromatic rings. The Kier molecular flexibility index (Phi) is 7.67. The number of piperidine rings is 1. The van der Waals surface area contributed by atoms with Crippen molar-refractivity contribution in [1.82, 2.24) is 5.32 Å². The summed E-state index contributed by atoms with van der Waals surface area (Å²) >= 11 is 12.2. The Morgan fingerprint density at radius 3 is 1.66 bits per heavy atom. The summed E-state index contributed by atoms with van der Waals surface area (Å²) in [5, 5.41) is 17.3. The van der Waals surface area contributed by atoms with Crippen molar-refractivity contribution >= 4 is 23.2 Å². The summed E-state index contributed by atoms with van der Waals surface area (Å²) in [6.45, 7) is 6.58. The van der Waals surface area contributed by atoms with Gasteiger partial charge in [0.25, 0.3) is 0 Å². The summed E-state index contributed by atoms with van der Waals surface area (Å²) in [5.74, 6) is 0.174. The molecule has 1 unspecified atom stereocenters. The van der Waals surface area contributed by atoms with E-state index in [1.807, 2.05) is 24.3 Å². The molecule has 0 aliphatic carbocycles. The standard InChI is InChI=1S/C25H33Cl2NO/c1-4-5-6-7-16-25(29)17(2)23(19-8-12-21(26)13-9-19)28-24(18(25)3)20-10-14-22(27)15-11-20/h8-15,17-18,23-24,28-29H,4-7,16H2,1-3H3/t17-,18+,23-,24+,25?. The van der Waals surface area contributed by atoms with Gasteiger partial charge in [0.2, 0.25) is 0 Å². The van der Waals surface area contributed by atoms with Crippen LogP contribution in [-0.2, 0) is 0 Å². The molecule has 1 saturated heterocycles. The maximum atomic E-state index is 12.0. The topological polar surface area (TPSA) is 32.3 Å². The van der Waals surface area contributed by atoms with E-state index in [1.165, 1.54) is 30.4 Å². The second-order valence-corrected chi connectivity index (χ2v) is 9.48. The summed E-state index contributed by atoms with van der Waals surface area (Å²) < 4.78 is 0. The molecule has 2 aromatic carbocycles. The lowest BCUT2D eigenvalue weighted by molar-refractivity contribution is -0.117. The molecule has 0 spiro atoms. The van der Waals surface area contributed by atoms with Crippen molar-refractivity contribution in [2.75, 3.05) is 0 Å². The zero-order valence-corrected chi connectivity index (χ0v) is 19.2. The quantitative estimate of drug-likeness (QED) is 0.447. The van der Waals surface area contributed by atoms with Crippen molar-refractivity contribution in [3.8, 4) is 0 Å². The van der Waals surface area contributed by atoms with Crippen LogP contribution in [0.3, 0.4) is 0 Å². The van der Waals surface area contributed by atoms with E-state index in [1.54, 1.807) is 0 Å². The van der Waals surface area contributed by atoms with E-state index in [-0.39, 0.29) is 23.9 Å². The molecule has 0 amide bonds. The van der Waals surface area contributed by atoms with Gasteiger partial charge in [-0.15, -0.1) is 0 Å². The lowest BCUT2D eigenvalue weighted by Crippen LogP contribution is -2.57. The van der Waals surface area contributed by atoms with Crippen molar-refractivity contribution in [3.63, 3.8) is 0 Å². The number of benzene rings is 2. The van der Waals surface area contributed by atoms with Crippen LogP contribution in [0, 0.1) is 11.8 Å². The first-order valence-electron chi connectivity index (χ1n) is 10.9. The Morgan fingerprint density at radius 2 is 1.24 bits per heavy atom. The van der Waals surface area contributed by atoms with E-state index in [2.05, 4.69) is 50.4 Å². The normalized spacial score (nSPS) is 29.7. The number of halogens is 2. The van der Waals surface area contributed by atoms with Gasteiger partial charge >= 0.3 is 0 Å². The summed E-state index contributed by atoms with van der Waals surface area (Å²) in [5.41, 5.74) is 1.59. The molecule has 5 atom stereocenters. The van der Waals surface area contributed by atoms with E-state index >= 15 is 0 Å². The van der Waals surface area contributed by atoms with Gasteiger partial charge in [-0.05, 0) is 41.8 Å². The number of nitrogens with one attached hydrogen (secondary N) is 1. The minimum atomic E-state index is -0.742. The van der Waals surface area contributed by atoms with Crippen molar-refractivity contribution in [2.45, 2.75) is 70.6 Å². The third-order valence-electron chi connectivity index (χ3n) is 6.83. The van der Waals surface area contributed by atoms with E-state index < -0.39 is 5.60 Å². The van der Waals surface area contributed by atoms with Crippen molar-refractivity contribution in [2.24, 2.45) is 11.8 Å². The second-order valence-electron chi connectivity index (χ2n) is 8.60. The largest absolute Gasteiger partial charge is 0.389 e. The molecule has 1 aliphatic heterocycles. The molecule has 1 fully saturated rings. The molecule has 0 bridgehead atoms. The average Bonchev–Trinajstić information content (AvgIpc) is 2.72. The zero-order valence-electron chi connectivity index (χ0n) is 17.7. The Morgan fingerprint density at radius 1 is 0.793 bits per heavy atom. The van der Waals surface area contributed by atoms with Gasteiger partial charge in [0.05, 0.1) is 5.60 Å². The van der Waals surface area contributed by atoms with Gasteiger partial charge in [-0.2, -0.15) is 0 Å². The molecule has 0 radical (unpaired) electrons. The lowest BCUT2D eigenvalue weighted by atomic mass is 9.64. The zero-order chi connectivity index (χ0) is 21.0. The Hall–Kier alpha value is -1.06. The highest BCUT2D eigenvalue weighted by Gasteiger charge is 2.50. The van der Waals surface area contributed by atoms with E-state index in [0.29, 0.717) is 0 Å². The van der Waals surface area contributed by atoms with Crippen LogP contribution in [0.15, 0.2) is 48.5 Å². The first-order chi connectivity index (χ1) is 13.9. The fourth-order valence-electron chi connectivity index (χ4n) is 4.87. The Labute approximate surface area is 185 Å². The molecule has 3 rings (SSSR count). The molecular weight excluding hydrogens is 401 g/mol. The number of rotatable bonds is 7. The average molecular weight is 434 g/mol. The Balaban J connectivity index is 1.94. The van der Waals surface area contributed by atoms with Crippen LogP contribution in [0.25, 0.3) is 0 Å². The number of hydrogen-bond donors (Lipinski definition) is 2. The van der Waals surface area contributed by atoms with Gasteiger partial charge in [-0.1, -0.05) is 93.9 Å². The number of unbranched alkanes of at least 4 members (excludes halogenated alkanes) is 3. The van der Waals surface area contributed by atoms with Crippen molar-refractivity contribution in [1.29, 1.82) is 0 Å². The van der Waals surface area contributed by atoms with E-state index in [9.17, 15) is 5.11 Å². The molecule has 2 N–H and O–H groups in total. The van der Waals surface area contributed by atoms with Crippen LogP contribution < -0.4 is 5.32 Å². The monoisotopic (exact) mass is 433 g/mol. The van der Waals surface area contributed by atoms with Gasteiger partial charge in [0, 0.05) is 34.0 Å². The van der Waals surface area contributed by atoms with Gasteiger partial charge in [0.15, 0.2) is 0 Å². The maximum absolute atomic E-state index is 12.0. The molecule has 0 aromatic heterocycles. The molecule has 0 saturated carbocycles. The molecule has 1 heterocycles. The predicted molar refractivity (Wildman–Crippen MR) is 124 cm³/mol. The molecule has 29 heavy (non-hydrogen) atoms. The lowest BCUT2D eigenvalue weighted by Gasteiger charge is -2.52. The summed E-state index contributed by atoms with van der Waals surface area (Å²) in [6, 6.07) is 16.1. The maximum Gasteiger partial charge on any atom is 0.0734 e. The van der Waals surface area contributed by atoms with E-state index in [0.717, 1.165) is 22.9 Å². The van der Waals surface area contributed by atoms with Crippen molar-refractivity contribution < 1.29 is 5.11 Å². The van der Waals surface area contributed by atoms with Crippen LogP contribution in [0.1, 0.15) is 76.1 Å². The molecule has 1 aliphatic rings. The SMILES string of the molecule is CCCCCCC1(O)[C@H](C)[C@H](c2ccc(Cl)cc2)N[C@H](c2ccc(Cl)cc2)[C@@H]1C. The third-order valence-corrected chi connectivity index (χ3v) is 7.33. The molecular formula is C25H33Cl2NO. The highest BCUT2D eigenvalue weighted by molar-refractivity contribution is 6.30. The highest BCUT2D eigenvalue weighted by atomic mass is 35.5. The summed E-state index contributed by atoms with van der Waals surface area (Å²) in [7, 11) is 0. The first-order valence-corrected chi connectivity index (χ1v) is 11.6. The van der Waals surface area contributed by atoms with Crippen LogP contribution in [0.2, 0.25) is 10.0 Å². The van der Waals surface area contributed by atoms with Crippen LogP contribution in [0.4, 0.5) is 0 Å². The van der Waals surface area contributed by atoms with Gasteiger partial charge in [-0.3, -0.25) is 0 Å². The first kappa shape index (κ1) is 22.6. The van der Waals surface area contributed by atoms with Crippen molar-refractivity contribution in [3.05, 3.63) is 69.7 Å². The van der Waals surface area contributed by atoms with Crippen LogP contribution >= 0.6 is 23.2 Å². The van der Waals surface area contributed by atoms with Gasteiger partial charge in [0.1, 0.15) is 0 Å². The van der Waals surface area contributed by atoms with Crippen LogP contribution in [0.5, 0.6) is 0 Å². The highest BCUT2D eigenvalue weighted by Crippen LogP contribution is 2.49. The third kappa shape index (κ3) is 4.99. The molecule has 2 nitrogen and oxygen atoms in total. The minimum absolute atomic E-state index is 0.0559. The fourth-order valence-corrected chi connectivity index (χ4v) is 5.13. The number of aliphatic hydroxyl groups is 1. The summed E-state index contributed by atoms with van der Waals surface area (Å²) in [6.07, 6.45) is 5.47. The minimum Gasteiger partial charge on any atom is -0.389 e. The summed E-state index contributed by atoms with van der Waals surface area (Å²) in [4.78, 5) is 0. The van der Waals surface area contributed by atoms with Gasteiger partial charge in [-0.25, -0.2) is 0 Å². The van der Waals surface area contributed by atoms with Crippen LogP contribution in [-0.4, -0.2) is 10.7 Å². The Bertz CT molecular complexity index is 717. The van der Waals surface area contributed by atoms with Gasteiger partial charge < -0.3 is 10.4 Å². The smallest absolute Gasteiger partial charge is 0.0734 e. The fraction of sp³-hybridized carbons (Fsp3) is 0.520. The molecule has 4 heteroatoms. The predicted octanol–water partition coefficient (Wildman–Crippen LogP) is 7.35. The number of hydrogen-bond acceptors (Lipinski definition) is 2. The van der Waals surface area contributed by atoms with E-state index in [4.69, 9.17) is 23.2 Å². The molecule has 158 valence electrons.